The average molecular weight is 409 g/mol. The highest BCUT2D eigenvalue weighted by molar-refractivity contribution is 9.10. The summed E-state index contributed by atoms with van der Waals surface area (Å²) in [5.41, 5.74) is 1.72. The number of aryl methyl sites for hydroxylation is 1. The molecule has 1 fully saturated rings. The van der Waals surface area contributed by atoms with Gasteiger partial charge in [0, 0.05) is 28.8 Å². The Morgan fingerprint density at radius 2 is 1.84 bits per heavy atom. The summed E-state index contributed by atoms with van der Waals surface area (Å²) < 4.78 is 27.1. The van der Waals surface area contributed by atoms with Gasteiger partial charge >= 0.3 is 0 Å². The van der Waals surface area contributed by atoms with Gasteiger partial charge in [-0.1, -0.05) is 15.9 Å². The maximum atomic E-state index is 13.2. The highest BCUT2D eigenvalue weighted by atomic mass is 79.9. The minimum Gasteiger partial charge on any atom is -0.337 e. The molecule has 0 saturated carbocycles. The van der Waals surface area contributed by atoms with Crippen molar-refractivity contribution in [1.29, 1.82) is 0 Å². The van der Waals surface area contributed by atoms with Crippen LogP contribution in [0.5, 0.6) is 0 Å². The number of amides is 2. The molecule has 1 aliphatic heterocycles. The van der Waals surface area contributed by atoms with Gasteiger partial charge in [-0.25, -0.2) is 8.78 Å². The van der Waals surface area contributed by atoms with Crippen LogP contribution in [-0.2, 0) is 4.79 Å². The zero-order valence-electron chi connectivity index (χ0n) is 13.4. The van der Waals surface area contributed by atoms with Crippen molar-refractivity contribution in [3.63, 3.8) is 0 Å². The van der Waals surface area contributed by atoms with E-state index in [9.17, 15) is 18.4 Å². The first kappa shape index (κ1) is 17.5. The number of carbonyl (C=O) groups excluding carboxylic acids is 2. The SMILES string of the molecule is Cc1cc(Br)ccc1NC(=O)C1CN(C(=O)c2ccc(F)c(F)c2)C1. The van der Waals surface area contributed by atoms with Crippen LogP contribution in [-0.4, -0.2) is 29.8 Å². The molecule has 130 valence electrons. The standard InChI is InChI=1S/C18H15BrF2N2O2/c1-10-6-13(19)3-5-16(10)22-17(24)12-8-23(9-12)18(25)11-2-4-14(20)15(21)7-11/h2-7,12H,8-9H2,1H3,(H,22,24). The second kappa shape index (κ2) is 6.92. The molecule has 7 heteroatoms. The first-order chi connectivity index (χ1) is 11.8. The number of halogens is 3. The Morgan fingerprint density at radius 1 is 1.12 bits per heavy atom. The lowest BCUT2D eigenvalue weighted by Gasteiger charge is -2.38. The number of benzene rings is 2. The Hall–Kier alpha value is -2.28. The van der Waals surface area contributed by atoms with Crippen molar-refractivity contribution in [2.45, 2.75) is 6.92 Å². The molecule has 0 bridgehead atoms. The molecule has 0 aromatic heterocycles. The summed E-state index contributed by atoms with van der Waals surface area (Å²) in [4.78, 5) is 25.9. The molecule has 0 aliphatic carbocycles. The average Bonchev–Trinajstić information content (AvgIpc) is 2.51. The van der Waals surface area contributed by atoms with Gasteiger partial charge in [-0.2, -0.15) is 0 Å². The van der Waals surface area contributed by atoms with Gasteiger partial charge in [0.05, 0.1) is 5.92 Å². The predicted octanol–water partition coefficient (Wildman–Crippen LogP) is 3.75. The second-order valence-corrected chi connectivity index (χ2v) is 6.90. The summed E-state index contributed by atoms with van der Waals surface area (Å²) in [6.07, 6.45) is 0. The highest BCUT2D eigenvalue weighted by Crippen LogP contribution is 2.24. The molecule has 0 radical (unpaired) electrons. The van der Waals surface area contributed by atoms with Gasteiger partial charge in [0.1, 0.15) is 0 Å². The summed E-state index contributed by atoms with van der Waals surface area (Å²) in [6.45, 7) is 2.39. The maximum Gasteiger partial charge on any atom is 0.254 e. The van der Waals surface area contributed by atoms with E-state index in [0.29, 0.717) is 0 Å². The minimum absolute atomic E-state index is 0.0708. The van der Waals surface area contributed by atoms with Gasteiger partial charge in [-0.05, 0) is 48.9 Å². The molecule has 1 N–H and O–H groups in total. The van der Waals surface area contributed by atoms with Crippen LogP contribution in [0.25, 0.3) is 0 Å². The number of likely N-dealkylation sites (tertiary alicyclic amines) is 1. The molecule has 2 aromatic rings. The first-order valence-electron chi connectivity index (χ1n) is 7.66. The molecule has 2 amide bonds. The van der Waals surface area contributed by atoms with Crippen molar-refractivity contribution in [3.8, 4) is 0 Å². The van der Waals surface area contributed by atoms with Crippen molar-refractivity contribution in [1.82, 2.24) is 4.90 Å². The molecule has 0 spiro atoms. The molecule has 4 nitrogen and oxygen atoms in total. The van der Waals surface area contributed by atoms with Crippen LogP contribution in [0.2, 0.25) is 0 Å². The van der Waals surface area contributed by atoms with E-state index in [-0.39, 0.29) is 30.5 Å². The van der Waals surface area contributed by atoms with Gasteiger partial charge in [0.2, 0.25) is 5.91 Å². The fraction of sp³-hybridized carbons (Fsp3) is 0.222. The first-order valence-corrected chi connectivity index (χ1v) is 8.46. The van der Waals surface area contributed by atoms with E-state index in [1.165, 1.54) is 11.0 Å². The summed E-state index contributed by atoms with van der Waals surface area (Å²) >= 11 is 3.36. The highest BCUT2D eigenvalue weighted by Gasteiger charge is 2.36. The van der Waals surface area contributed by atoms with Gasteiger partial charge in [0.15, 0.2) is 11.6 Å². The normalized spacial score (nSPS) is 14.2. The van der Waals surface area contributed by atoms with Crippen LogP contribution in [0.3, 0.4) is 0 Å². The fourth-order valence-corrected chi connectivity index (χ4v) is 3.10. The topological polar surface area (TPSA) is 49.4 Å². The van der Waals surface area contributed by atoms with E-state index in [1.807, 2.05) is 19.1 Å². The van der Waals surface area contributed by atoms with Crippen molar-refractivity contribution in [2.24, 2.45) is 5.92 Å². The smallest absolute Gasteiger partial charge is 0.254 e. The van der Waals surface area contributed by atoms with Gasteiger partial charge in [-0.3, -0.25) is 9.59 Å². The predicted molar refractivity (Wildman–Crippen MR) is 93.3 cm³/mol. The van der Waals surface area contributed by atoms with Crippen molar-refractivity contribution >= 4 is 33.4 Å². The van der Waals surface area contributed by atoms with Crippen LogP contribution < -0.4 is 5.32 Å². The number of hydrogen-bond donors (Lipinski definition) is 1. The third-order valence-electron chi connectivity index (χ3n) is 4.15. The van der Waals surface area contributed by atoms with Crippen molar-refractivity contribution < 1.29 is 18.4 Å². The lowest BCUT2D eigenvalue weighted by Crippen LogP contribution is -2.54. The molecule has 25 heavy (non-hydrogen) atoms. The third kappa shape index (κ3) is 3.71. The van der Waals surface area contributed by atoms with Crippen LogP contribution in [0.15, 0.2) is 40.9 Å². The number of hydrogen-bond acceptors (Lipinski definition) is 2. The monoisotopic (exact) mass is 408 g/mol. The molecule has 2 aromatic carbocycles. The van der Waals surface area contributed by atoms with Crippen molar-refractivity contribution in [3.05, 3.63) is 63.6 Å². The van der Waals surface area contributed by atoms with E-state index in [2.05, 4.69) is 21.2 Å². The summed E-state index contributed by atoms with van der Waals surface area (Å²) in [6, 6.07) is 8.57. The summed E-state index contributed by atoms with van der Waals surface area (Å²) in [7, 11) is 0. The Morgan fingerprint density at radius 3 is 2.48 bits per heavy atom. The number of nitrogens with one attached hydrogen (secondary N) is 1. The lowest BCUT2D eigenvalue weighted by molar-refractivity contribution is -0.123. The van der Waals surface area contributed by atoms with Crippen LogP contribution >= 0.6 is 15.9 Å². The van der Waals surface area contributed by atoms with Gasteiger partial charge < -0.3 is 10.2 Å². The number of anilines is 1. The van der Waals surface area contributed by atoms with E-state index in [1.54, 1.807) is 6.07 Å². The molecule has 3 rings (SSSR count). The van der Waals surface area contributed by atoms with Crippen LogP contribution in [0, 0.1) is 24.5 Å². The Labute approximate surface area is 152 Å². The fourth-order valence-electron chi connectivity index (χ4n) is 2.62. The number of nitrogens with zero attached hydrogens (tertiary/aromatic N) is 1. The number of rotatable bonds is 3. The zero-order valence-corrected chi connectivity index (χ0v) is 14.9. The summed E-state index contributed by atoms with van der Waals surface area (Å²) in [5.74, 6) is -2.96. The lowest BCUT2D eigenvalue weighted by atomic mass is 9.97. The van der Waals surface area contributed by atoms with E-state index in [4.69, 9.17) is 0 Å². The van der Waals surface area contributed by atoms with Crippen LogP contribution in [0.4, 0.5) is 14.5 Å². The molecule has 1 saturated heterocycles. The largest absolute Gasteiger partial charge is 0.337 e. The second-order valence-electron chi connectivity index (χ2n) is 5.98. The molecule has 0 atom stereocenters. The molecule has 1 heterocycles. The maximum absolute atomic E-state index is 13.2. The van der Waals surface area contributed by atoms with Crippen LogP contribution in [0.1, 0.15) is 15.9 Å². The minimum atomic E-state index is -1.06. The molecular weight excluding hydrogens is 394 g/mol. The molecule has 0 unspecified atom stereocenters. The quantitative estimate of drug-likeness (QED) is 0.840. The molecular formula is C18H15BrF2N2O2. The number of carbonyl (C=O) groups is 2. The van der Waals surface area contributed by atoms with E-state index < -0.39 is 17.5 Å². The van der Waals surface area contributed by atoms with E-state index >= 15 is 0 Å². The Kier molecular flexibility index (Phi) is 4.85. The van der Waals surface area contributed by atoms with Gasteiger partial charge in [-0.15, -0.1) is 0 Å². The van der Waals surface area contributed by atoms with E-state index in [0.717, 1.165) is 27.9 Å². The van der Waals surface area contributed by atoms with Gasteiger partial charge in [0.25, 0.3) is 5.91 Å². The summed E-state index contributed by atoms with van der Waals surface area (Å²) in [5, 5.41) is 2.85. The molecule has 1 aliphatic rings. The van der Waals surface area contributed by atoms with Crippen molar-refractivity contribution in [2.75, 3.05) is 18.4 Å². The third-order valence-corrected chi connectivity index (χ3v) is 4.65. The Balaban J connectivity index is 1.58. The Bertz CT molecular complexity index is 851. The zero-order chi connectivity index (χ0) is 18.1.